The number of hydrogen-bond acceptors (Lipinski definition) is 7. The van der Waals surface area contributed by atoms with Gasteiger partial charge in [-0.25, -0.2) is 9.59 Å². The van der Waals surface area contributed by atoms with Crippen molar-refractivity contribution >= 4 is 12.1 Å². The lowest BCUT2D eigenvalue weighted by Crippen LogP contribution is -2.60. The number of ether oxygens (including phenoxy) is 2. The van der Waals surface area contributed by atoms with E-state index in [0.29, 0.717) is 50.6 Å². The highest BCUT2D eigenvalue weighted by Crippen LogP contribution is 2.19. The molecular formula is C21H30N6O5. The fourth-order valence-corrected chi connectivity index (χ4v) is 4.04. The number of rotatable bonds is 10. The van der Waals surface area contributed by atoms with E-state index in [9.17, 15) is 9.59 Å². The summed E-state index contributed by atoms with van der Waals surface area (Å²) in [5.74, 6) is 0.637. The van der Waals surface area contributed by atoms with E-state index in [4.69, 9.17) is 25.6 Å². The number of benzene rings is 1. The molecular weight excluding hydrogens is 416 g/mol. The van der Waals surface area contributed by atoms with E-state index in [1.54, 1.807) is 29.2 Å². The van der Waals surface area contributed by atoms with E-state index >= 15 is 0 Å². The summed E-state index contributed by atoms with van der Waals surface area (Å²) < 4.78 is 11.7. The normalized spacial score (nSPS) is 20.8. The molecule has 2 aliphatic heterocycles. The van der Waals surface area contributed by atoms with Gasteiger partial charge in [0.25, 0.3) is 0 Å². The topological polar surface area (TPSA) is 144 Å². The van der Waals surface area contributed by atoms with E-state index in [1.165, 1.54) is 0 Å². The van der Waals surface area contributed by atoms with Gasteiger partial charge in [0.2, 0.25) is 0 Å². The van der Waals surface area contributed by atoms with E-state index in [-0.39, 0.29) is 12.2 Å². The Hall–Kier alpha value is -3.07. The van der Waals surface area contributed by atoms with Crippen molar-refractivity contribution in [3.63, 3.8) is 0 Å². The van der Waals surface area contributed by atoms with Gasteiger partial charge in [-0.15, -0.1) is 0 Å². The molecule has 0 aliphatic carbocycles. The van der Waals surface area contributed by atoms with Crippen LogP contribution in [0.2, 0.25) is 0 Å². The zero-order chi connectivity index (χ0) is 22.9. The first-order valence-electron chi connectivity index (χ1n) is 10.7. The Morgan fingerprint density at radius 1 is 1.16 bits per heavy atom. The Balaban J connectivity index is 1.39. The van der Waals surface area contributed by atoms with Crippen LogP contribution < -0.4 is 15.8 Å². The van der Waals surface area contributed by atoms with Gasteiger partial charge in [-0.3, -0.25) is 9.80 Å². The number of hydrogen-bond donors (Lipinski definition) is 3. The van der Waals surface area contributed by atoms with Gasteiger partial charge in [0.15, 0.2) is 0 Å². The first-order valence-corrected chi connectivity index (χ1v) is 10.7. The third-order valence-electron chi connectivity index (χ3n) is 5.55. The van der Waals surface area contributed by atoms with E-state index in [0.717, 1.165) is 26.2 Å². The molecule has 3 amide bonds. The molecule has 32 heavy (non-hydrogen) atoms. The molecule has 11 nitrogen and oxygen atoms in total. The third kappa shape index (κ3) is 7.26. The molecule has 2 saturated heterocycles. The molecule has 11 heteroatoms. The average molecular weight is 447 g/mol. The smallest absolute Gasteiger partial charge is 0.404 e. The van der Waals surface area contributed by atoms with Crippen molar-refractivity contribution in [3.8, 4) is 11.8 Å². The van der Waals surface area contributed by atoms with Crippen LogP contribution in [-0.4, -0.2) is 110 Å². The Morgan fingerprint density at radius 2 is 1.78 bits per heavy atom. The molecule has 0 aromatic heterocycles. The Labute approximate surface area is 187 Å². The Kier molecular flexibility index (Phi) is 8.49. The molecule has 2 atom stereocenters. The van der Waals surface area contributed by atoms with Crippen LogP contribution in [0, 0.1) is 11.3 Å². The lowest BCUT2D eigenvalue weighted by Gasteiger charge is -2.46. The zero-order valence-electron chi connectivity index (χ0n) is 18.0. The predicted octanol–water partition coefficient (Wildman–Crippen LogP) is -0.0296. The van der Waals surface area contributed by atoms with Crippen molar-refractivity contribution in [2.75, 3.05) is 65.5 Å². The number of primary amides is 1. The number of morpholine rings is 2. The fourth-order valence-electron chi connectivity index (χ4n) is 4.04. The second-order valence-corrected chi connectivity index (χ2v) is 7.94. The first kappa shape index (κ1) is 23.6. The SMILES string of the molecule is N#Cc1ccc(OCCN(CCN2CC3CN(CCNC(=O)O)CC(C2)O3)C(N)=O)cc1. The Morgan fingerprint density at radius 3 is 2.34 bits per heavy atom. The standard InChI is InChI=1S/C21H30N6O5/c22-11-16-1-3-17(4-2-16)31-10-9-27(20(23)28)8-7-26-14-18-12-25(6-5-24-21(29)30)13-19(15-26)32-18/h1-4,18-19,24H,5-10,12-15H2,(H2,23,28)(H,29,30). The Bertz CT molecular complexity index is 800. The van der Waals surface area contributed by atoms with Crippen molar-refractivity contribution in [1.82, 2.24) is 20.0 Å². The second kappa shape index (κ2) is 11.5. The quantitative estimate of drug-likeness (QED) is 0.454. The number of nitrogens with two attached hydrogens (primary N) is 1. The number of nitriles is 1. The molecule has 0 spiro atoms. The van der Waals surface area contributed by atoms with Crippen LogP contribution >= 0.6 is 0 Å². The molecule has 4 N–H and O–H groups in total. The minimum absolute atomic E-state index is 0.0640. The van der Waals surface area contributed by atoms with Crippen molar-refractivity contribution in [2.45, 2.75) is 12.2 Å². The number of amides is 3. The van der Waals surface area contributed by atoms with Gasteiger partial charge < -0.3 is 30.5 Å². The number of carboxylic acid groups (broad SMARTS) is 1. The summed E-state index contributed by atoms with van der Waals surface area (Å²) in [6.07, 6.45) is -0.880. The molecule has 0 radical (unpaired) electrons. The minimum atomic E-state index is -1.01. The first-order chi connectivity index (χ1) is 15.4. The molecule has 0 saturated carbocycles. The highest BCUT2D eigenvalue weighted by Gasteiger charge is 2.34. The summed E-state index contributed by atoms with van der Waals surface area (Å²) in [5, 5.41) is 19.9. The predicted molar refractivity (Wildman–Crippen MR) is 115 cm³/mol. The summed E-state index contributed by atoms with van der Waals surface area (Å²) in [5.41, 5.74) is 6.11. The van der Waals surface area contributed by atoms with Gasteiger partial charge in [0.1, 0.15) is 12.4 Å². The molecule has 3 rings (SSSR count). The van der Waals surface area contributed by atoms with Crippen molar-refractivity contribution in [2.24, 2.45) is 5.73 Å². The average Bonchev–Trinajstić information content (AvgIpc) is 2.75. The highest BCUT2D eigenvalue weighted by molar-refractivity contribution is 5.71. The van der Waals surface area contributed by atoms with Crippen LogP contribution in [0.5, 0.6) is 5.75 Å². The molecule has 174 valence electrons. The number of nitrogens with zero attached hydrogens (tertiary/aromatic N) is 4. The van der Waals surface area contributed by atoms with E-state index < -0.39 is 12.1 Å². The van der Waals surface area contributed by atoms with Gasteiger partial charge >= 0.3 is 12.1 Å². The molecule has 1 aromatic rings. The van der Waals surface area contributed by atoms with Gasteiger partial charge in [-0.1, -0.05) is 0 Å². The molecule has 1 aromatic carbocycles. The summed E-state index contributed by atoms with van der Waals surface area (Å²) in [7, 11) is 0. The van der Waals surface area contributed by atoms with E-state index in [1.807, 2.05) is 0 Å². The van der Waals surface area contributed by atoms with Gasteiger partial charge in [0.05, 0.1) is 30.4 Å². The van der Waals surface area contributed by atoms with Crippen LogP contribution in [0.3, 0.4) is 0 Å². The third-order valence-corrected chi connectivity index (χ3v) is 5.55. The summed E-state index contributed by atoms with van der Waals surface area (Å²) in [6, 6.07) is 8.38. The molecule has 2 fully saturated rings. The van der Waals surface area contributed by atoms with Crippen LogP contribution in [-0.2, 0) is 4.74 Å². The van der Waals surface area contributed by atoms with E-state index in [2.05, 4.69) is 21.2 Å². The van der Waals surface area contributed by atoms with Gasteiger partial charge in [-0.2, -0.15) is 5.26 Å². The van der Waals surface area contributed by atoms with Crippen molar-refractivity contribution in [3.05, 3.63) is 29.8 Å². The summed E-state index contributed by atoms with van der Waals surface area (Å²) in [6.45, 7) is 5.96. The largest absolute Gasteiger partial charge is 0.492 e. The maximum Gasteiger partial charge on any atom is 0.404 e. The maximum atomic E-state index is 11.8. The van der Waals surface area contributed by atoms with Crippen LogP contribution in [0.15, 0.2) is 24.3 Å². The number of carbonyl (C=O) groups excluding carboxylic acids is 1. The minimum Gasteiger partial charge on any atom is -0.492 e. The zero-order valence-corrected chi connectivity index (χ0v) is 18.0. The lowest BCUT2D eigenvalue weighted by molar-refractivity contribution is -0.138. The van der Waals surface area contributed by atoms with Crippen LogP contribution in [0.4, 0.5) is 9.59 Å². The van der Waals surface area contributed by atoms with Gasteiger partial charge in [0, 0.05) is 52.4 Å². The molecule has 2 bridgehead atoms. The lowest BCUT2D eigenvalue weighted by atomic mass is 10.1. The molecule has 2 unspecified atom stereocenters. The number of carbonyl (C=O) groups is 2. The van der Waals surface area contributed by atoms with Crippen molar-refractivity contribution < 1.29 is 24.2 Å². The van der Waals surface area contributed by atoms with Crippen molar-refractivity contribution in [1.29, 1.82) is 5.26 Å². The second-order valence-electron chi connectivity index (χ2n) is 7.94. The number of fused-ring (bicyclic) bond motifs is 2. The van der Waals surface area contributed by atoms with Gasteiger partial charge in [-0.05, 0) is 24.3 Å². The summed E-state index contributed by atoms with van der Waals surface area (Å²) >= 11 is 0. The highest BCUT2D eigenvalue weighted by atomic mass is 16.5. The maximum absolute atomic E-state index is 11.8. The fraction of sp³-hybridized carbons (Fsp3) is 0.571. The number of urea groups is 1. The van der Waals surface area contributed by atoms with Crippen LogP contribution in [0.1, 0.15) is 5.56 Å². The monoisotopic (exact) mass is 446 g/mol. The molecule has 2 heterocycles. The number of nitrogens with one attached hydrogen (secondary N) is 1. The summed E-state index contributed by atoms with van der Waals surface area (Å²) in [4.78, 5) is 28.5. The molecule has 2 aliphatic rings. The van der Waals surface area contributed by atoms with Crippen LogP contribution in [0.25, 0.3) is 0 Å².